The van der Waals surface area contributed by atoms with Crippen LogP contribution < -0.4 is 5.32 Å². The lowest BCUT2D eigenvalue weighted by Gasteiger charge is -2.25. The lowest BCUT2D eigenvalue weighted by molar-refractivity contribution is -0.122. The molecule has 0 bridgehead atoms. The molecule has 1 aromatic heterocycles. The van der Waals surface area contributed by atoms with Crippen molar-refractivity contribution in [3.8, 4) is 5.75 Å². The zero-order valence-electron chi connectivity index (χ0n) is 17.3. The average molecular weight is 421 g/mol. The quantitative estimate of drug-likeness (QED) is 0.529. The topological polar surface area (TPSA) is 103 Å². The first kappa shape index (κ1) is 22.2. The van der Waals surface area contributed by atoms with Crippen LogP contribution in [0.1, 0.15) is 28.8 Å². The van der Waals surface area contributed by atoms with E-state index in [4.69, 9.17) is 9.90 Å². The number of nitrogens with one attached hydrogen (secondary N) is 1. The highest BCUT2D eigenvalue weighted by Crippen LogP contribution is 2.25. The number of benzene rings is 2. The van der Waals surface area contributed by atoms with E-state index in [1.54, 1.807) is 0 Å². The molecule has 0 radical (unpaired) electrons. The van der Waals surface area contributed by atoms with Crippen molar-refractivity contribution in [1.29, 1.82) is 0 Å². The van der Waals surface area contributed by atoms with Crippen molar-refractivity contribution in [2.75, 3.05) is 19.6 Å². The number of nitrogens with zero attached hydrogens (tertiary/aromatic N) is 2. The fourth-order valence-electron chi connectivity index (χ4n) is 3.96. The minimum atomic E-state index is -0.253. The van der Waals surface area contributed by atoms with Crippen LogP contribution in [-0.2, 0) is 11.2 Å². The Morgan fingerprint density at radius 3 is 2.45 bits per heavy atom. The van der Waals surface area contributed by atoms with Gasteiger partial charge in [-0.3, -0.25) is 14.6 Å². The van der Waals surface area contributed by atoms with Crippen LogP contribution in [0.15, 0.2) is 60.8 Å². The Hall–Kier alpha value is -3.45. The maximum Gasteiger partial charge on any atom is 0.290 e. The molecule has 31 heavy (non-hydrogen) atoms. The fraction of sp³-hybridized carbons (Fsp3) is 0.292. The molecule has 7 heteroatoms. The van der Waals surface area contributed by atoms with Gasteiger partial charge in [0.25, 0.3) is 12.4 Å². The zero-order chi connectivity index (χ0) is 22.1. The fourth-order valence-corrected chi connectivity index (χ4v) is 3.96. The molecule has 2 aromatic carbocycles. The van der Waals surface area contributed by atoms with Gasteiger partial charge in [-0.15, -0.1) is 0 Å². The van der Waals surface area contributed by atoms with Crippen LogP contribution in [-0.4, -0.2) is 58.2 Å². The molecule has 1 aliphatic heterocycles. The Labute approximate surface area is 181 Å². The van der Waals surface area contributed by atoms with Gasteiger partial charge in [-0.05, 0) is 44.0 Å². The number of para-hydroxylation sites is 1. The smallest absolute Gasteiger partial charge is 0.290 e. The number of pyridine rings is 1. The summed E-state index contributed by atoms with van der Waals surface area (Å²) in [5.41, 5.74) is 2.19. The Morgan fingerprint density at radius 2 is 1.74 bits per heavy atom. The van der Waals surface area contributed by atoms with Gasteiger partial charge in [0.1, 0.15) is 5.75 Å². The zero-order valence-corrected chi connectivity index (χ0v) is 17.3. The molecule has 0 unspecified atom stereocenters. The number of likely N-dealkylation sites (tertiary alicyclic amines) is 1. The van der Waals surface area contributed by atoms with Crippen LogP contribution in [0, 0.1) is 0 Å². The van der Waals surface area contributed by atoms with Crippen molar-refractivity contribution < 1.29 is 19.8 Å². The van der Waals surface area contributed by atoms with Crippen LogP contribution in [0.25, 0.3) is 10.9 Å². The number of hydrogen-bond donors (Lipinski definition) is 3. The molecule has 3 N–H and O–H groups in total. The van der Waals surface area contributed by atoms with Gasteiger partial charge in [0.15, 0.2) is 0 Å². The summed E-state index contributed by atoms with van der Waals surface area (Å²) in [4.78, 5) is 28.1. The highest BCUT2D eigenvalue weighted by molar-refractivity contribution is 6.08. The molecule has 7 nitrogen and oxygen atoms in total. The summed E-state index contributed by atoms with van der Waals surface area (Å²) in [6, 6.07) is 17.6. The van der Waals surface area contributed by atoms with Crippen LogP contribution >= 0.6 is 0 Å². The maximum absolute atomic E-state index is 13.1. The van der Waals surface area contributed by atoms with E-state index < -0.39 is 0 Å². The maximum atomic E-state index is 13.1. The van der Waals surface area contributed by atoms with E-state index in [1.807, 2.05) is 42.5 Å². The number of carboxylic acid groups (broad SMARTS) is 1. The second kappa shape index (κ2) is 11.1. The van der Waals surface area contributed by atoms with Crippen LogP contribution in [0.4, 0.5) is 0 Å². The number of rotatable bonds is 6. The Bertz CT molecular complexity index is 1000. The number of carbonyl (C=O) groups is 2. The molecular weight excluding hydrogens is 394 g/mol. The molecular formula is C24H27N3O4. The first-order valence-corrected chi connectivity index (χ1v) is 10.3. The van der Waals surface area contributed by atoms with Gasteiger partial charge in [-0.2, -0.15) is 0 Å². The SMILES string of the molecule is O=C(N[C@@H](Cc1ccccc1)CN1CCCC1)c1c(O)cnc2ccccc12.O=CO. The summed E-state index contributed by atoms with van der Waals surface area (Å²) >= 11 is 0. The third-order valence-corrected chi connectivity index (χ3v) is 5.32. The highest BCUT2D eigenvalue weighted by Gasteiger charge is 2.23. The lowest BCUT2D eigenvalue weighted by Crippen LogP contribution is -2.44. The number of aromatic hydroxyl groups is 1. The number of carbonyl (C=O) groups excluding carboxylic acids is 1. The lowest BCUT2D eigenvalue weighted by atomic mass is 10.0. The van der Waals surface area contributed by atoms with E-state index in [1.165, 1.54) is 24.6 Å². The van der Waals surface area contributed by atoms with Gasteiger partial charge >= 0.3 is 0 Å². The minimum absolute atomic E-state index is 0.0284. The number of hydrogen-bond acceptors (Lipinski definition) is 5. The summed E-state index contributed by atoms with van der Waals surface area (Å²) in [6.07, 6.45) is 4.53. The molecule has 1 aliphatic rings. The molecule has 1 saturated heterocycles. The normalized spacial score (nSPS) is 14.5. The molecule has 3 aromatic rings. The summed E-state index contributed by atoms with van der Waals surface area (Å²) in [7, 11) is 0. The third kappa shape index (κ3) is 6.02. The Kier molecular flexibility index (Phi) is 7.95. The highest BCUT2D eigenvalue weighted by atomic mass is 16.3. The second-order valence-corrected chi connectivity index (χ2v) is 7.51. The van der Waals surface area contributed by atoms with Crippen molar-refractivity contribution in [3.05, 3.63) is 71.9 Å². The first-order chi connectivity index (χ1) is 15.1. The third-order valence-electron chi connectivity index (χ3n) is 5.32. The summed E-state index contributed by atoms with van der Waals surface area (Å²) in [5.74, 6) is -0.341. The van der Waals surface area contributed by atoms with E-state index in [0.29, 0.717) is 16.5 Å². The van der Waals surface area contributed by atoms with Crippen molar-refractivity contribution in [3.63, 3.8) is 0 Å². The molecule has 0 spiro atoms. The summed E-state index contributed by atoms with van der Waals surface area (Å²) in [6.45, 7) is 2.71. The van der Waals surface area contributed by atoms with Gasteiger partial charge in [0.05, 0.1) is 17.3 Å². The van der Waals surface area contributed by atoms with Gasteiger partial charge in [-0.1, -0.05) is 48.5 Å². The van der Waals surface area contributed by atoms with Crippen LogP contribution in [0.5, 0.6) is 5.75 Å². The first-order valence-electron chi connectivity index (χ1n) is 10.3. The molecule has 162 valence electrons. The van der Waals surface area contributed by atoms with E-state index in [-0.39, 0.29) is 24.2 Å². The molecule has 4 rings (SSSR count). The van der Waals surface area contributed by atoms with Crippen molar-refractivity contribution in [2.24, 2.45) is 0 Å². The van der Waals surface area contributed by atoms with E-state index >= 15 is 0 Å². The molecule has 2 heterocycles. The van der Waals surface area contributed by atoms with E-state index in [9.17, 15) is 9.90 Å². The predicted octanol–water partition coefficient (Wildman–Crippen LogP) is 3.08. The monoisotopic (exact) mass is 421 g/mol. The Balaban J connectivity index is 0.000000858. The van der Waals surface area contributed by atoms with Crippen molar-refractivity contribution >= 4 is 23.3 Å². The Morgan fingerprint density at radius 1 is 1.10 bits per heavy atom. The van der Waals surface area contributed by atoms with Crippen molar-refractivity contribution in [2.45, 2.75) is 25.3 Å². The van der Waals surface area contributed by atoms with Crippen molar-refractivity contribution in [1.82, 2.24) is 15.2 Å². The van der Waals surface area contributed by atoms with Gasteiger partial charge in [0, 0.05) is 18.0 Å². The summed E-state index contributed by atoms with van der Waals surface area (Å²) < 4.78 is 0. The number of aromatic nitrogens is 1. The molecule has 1 amide bonds. The molecule has 1 atom stereocenters. The van der Waals surface area contributed by atoms with Gasteiger partial charge < -0.3 is 20.4 Å². The minimum Gasteiger partial charge on any atom is -0.505 e. The standard InChI is InChI=1S/C23H25N3O2.CH2O2/c27-21-15-24-20-11-5-4-10-19(20)22(21)23(28)25-18(16-26-12-6-7-13-26)14-17-8-2-1-3-9-17;2-1-3/h1-5,8-11,15,18,27H,6-7,12-14,16H2,(H,25,28);1H,(H,2,3)/t18-;/m0./s1. The predicted molar refractivity (Wildman–Crippen MR) is 119 cm³/mol. The van der Waals surface area contributed by atoms with Crippen LogP contribution in [0.3, 0.4) is 0 Å². The van der Waals surface area contributed by atoms with E-state index in [2.05, 4.69) is 27.3 Å². The molecule has 0 saturated carbocycles. The average Bonchev–Trinajstić information content (AvgIpc) is 3.28. The number of fused-ring (bicyclic) bond motifs is 1. The van der Waals surface area contributed by atoms with Gasteiger partial charge in [-0.25, -0.2) is 0 Å². The molecule has 1 fully saturated rings. The second-order valence-electron chi connectivity index (χ2n) is 7.51. The summed E-state index contributed by atoms with van der Waals surface area (Å²) in [5, 5.41) is 21.1. The van der Waals surface area contributed by atoms with E-state index in [0.717, 1.165) is 26.1 Å². The largest absolute Gasteiger partial charge is 0.505 e. The van der Waals surface area contributed by atoms with Gasteiger partial charge in [0.2, 0.25) is 0 Å². The number of amides is 1. The van der Waals surface area contributed by atoms with Crippen LogP contribution in [0.2, 0.25) is 0 Å². The molecule has 0 aliphatic carbocycles.